The monoisotopic (exact) mass is 223 g/mol. The molecule has 1 saturated heterocycles. The lowest BCUT2D eigenvalue weighted by atomic mass is 9.96. The van der Waals surface area contributed by atoms with E-state index in [2.05, 4.69) is 16.9 Å². The summed E-state index contributed by atoms with van der Waals surface area (Å²) in [7, 11) is 0. The van der Waals surface area contributed by atoms with Gasteiger partial charge in [0, 0.05) is 31.0 Å². The molecule has 2 atom stereocenters. The van der Waals surface area contributed by atoms with Gasteiger partial charge < -0.3 is 15.1 Å². The summed E-state index contributed by atoms with van der Waals surface area (Å²) < 4.78 is 0. The molecule has 5 heteroatoms. The van der Waals surface area contributed by atoms with E-state index in [1.807, 2.05) is 4.90 Å². The SMILES string of the molecule is CC1CCN(c2ncc(CO)cn2)CC1O. The summed E-state index contributed by atoms with van der Waals surface area (Å²) >= 11 is 0. The summed E-state index contributed by atoms with van der Waals surface area (Å²) in [6.45, 7) is 3.47. The van der Waals surface area contributed by atoms with Gasteiger partial charge in [-0.2, -0.15) is 0 Å². The molecule has 0 radical (unpaired) electrons. The molecule has 0 spiro atoms. The van der Waals surface area contributed by atoms with Crippen molar-refractivity contribution in [2.45, 2.75) is 26.1 Å². The van der Waals surface area contributed by atoms with Crippen LogP contribution in [0.25, 0.3) is 0 Å². The van der Waals surface area contributed by atoms with Crippen LogP contribution in [0.3, 0.4) is 0 Å². The number of piperidine rings is 1. The Balaban J connectivity index is 2.06. The topological polar surface area (TPSA) is 69.5 Å². The second-order valence-electron chi connectivity index (χ2n) is 4.33. The molecule has 1 aromatic heterocycles. The van der Waals surface area contributed by atoms with E-state index in [4.69, 9.17) is 5.11 Å². The maximum atomic E-state index is 9.77. The number of hydrogen-bond acceptors (Lipinski definition) is 5. The smallest absolute Gasteiger partial charge is 0.225 e. The minimum Gasteiger partial charge on any atom is -0.392 e. The first-order chi connectivity index (χ1) is 7.70. The fraction of sp³-hybridized carbons (Fsp3) is 0.636. The molecule has 1 aliphatic rings. The summed E-state index contributed by atoms with van der Waals surface area (Å²) in [5, 5.41) is 18.7. The zero-order chi connectivity index (χ0) is 11.5. The molecule has 88 valence electrons. The first kappa shape index (κ1) is 11.3. The van der Waals surface area contributed by atoms with E-state index < -0.39 is 0 Å². The fourth-order valence-electron chi connectivity index (χ4n) is 1.82. The van der Waals surface area contributed by atoms with E-state index in [1.54, 1.807) is 12.4 Å². The highest BCUT2D eigenvalue weighted by Gasteiger charge is 2.25. The van der Waals surface area contributed by atoms with Crippen molar-refractivity contribution in [3.8, 4) is 0 Å². The highest BCUT2D eigenvalue weighted by atomic mass is 16.3. The Labute approximate surface area is 94.8 Å². The van der Waals surface area contributed by atoms with Gasteiger partial charge in [-0.15, -0.1) is 0 Å². The largest absolute Gasteiger partial charge is 0.392 e. The summed E-state index contributed by atoms with van der Waals surface area (Å²) in [5.74, 6) is 0.969. The number of hydrogen-bond donors (Lipinski definition) is 2. The Kier molecular flexibility index (Phi) is 3.36. The van der Waals surface area contributed by atoms with Crippen molar-refractivity contribution in [1.82, 2.24) is 9.97 Å². The van der Waals surface area contributed by atoms with Crippen LogP contribution < -0.4 is 4.90 Å². The van der Waals surface area contributed by atoms with E-state index in [0.717, 1.165) is 13.0 Å². The van der Waals surface area contributed by atoms with Gasteiger partial charge in [0.05, 0.1) is 12.7 Å². The van der Waals surface area contributed by atoms with Gasteiger partial charge in [0.25, 0.3) is 0 Å². The third kappa shape index (κ3) is 2.31. The Morgan fingerprint density at radius 3 is 2.69 bits per heavy atom. The van der Waals surface area contributed by atoms with Crippen LogP contribution in [0.2, 0.25) is 0 Å². The molecule has 2 rings (SSSR count). The van der Waals surface area contributed by atoms with Crippen LogP contribution in [0.5, 0.6) is 0 Å². The van der Waals surface area contributed by atoms with E-state index in [9.17, 15) is 5.11 Å². The Morgan fingerprint density at radius 2 is 2.12 bits per heavy atom. The standard InChI is InChI=1S/C11H17N3O2/c1-8-2-3-14(6-10(8)16)11-12-4-9(7-15)5-13-11/h4-5,8,10,15-16H,2-3,6-7H2,1H3. The second-order valence-corrected chi connectivity index (χ2v) is 4.33. The lowest BCUT2D eigenvalue weighted by molar-refractivity contribution is 0.102. The summed E-state index contributed by atoms with van der Waals surface area (Å²) in [5.41, 5.74) is 0.703. The van der Waals surface area contributed by atoms with Gasteiger partial charge in [-0.05, 0) is 12.3 Å². The zero-order valence-electron chi connectivity index (χ0n) is 9.37. The average Bonchev–Trinajstić information content (AvgIpc) is 2.33. The lowest BCUT2D eigenvalue weighted by Crippen LogP contribution is -2.43. The van der Waals surface area contributed by atoms with Crippen molar-refractivity contribution >= 4 is 5.95 Å². The van der Waals surface area contributed by atoms with Crippen molar-refractivity contribution in [3.63, 3.8) is 0 Å². The highest BCUT2D eigenvalue weighted by molar-refractivity contribution is 5.30. The Bertz CT molecular complexity index is 342. The molecule has 0 saturated carbocycles. The van der Waals surface area contributed by atoms with Gasteiger partial charge in [0.1, 0.15) is 0 Å². The maximum absolute atomic E-state index is 9.77. The van der Waals surface area contributed by atoms with E-state index in [1.165, 1.54) is 0 Å². The molecular weight excluding hydrogens is 206 g/mol. The molecule has 2 N–H and O–H groups in total. The summed E-state index contributed by atoms with van der Waals surface area (Å²) in [6.07, 6.45) is 3.88. The molecule has 0 aromatic carbocycles. The third-order valence-corrected chi connectivity index (χ3v) is 3.08. The van der Waals surface area contributed by atoms with Crippen LogP contribution in [-0.2, 0) is 6.61 Å². The maximum Gasteiger partial charge on any atom is 0.225 e. The minimum atomic E-state index is -0.310. The van der Waals surface area contributed by atoms with Crippen LogP contribution in [-0.4, -0.2) is 39.4 Å². The minimum absolute atomic E-state index is 0.0417. The Morgan fingerprint density at radius 1 is 1.44 bits per heavy atom. The number of aliphatic hydroxyl groups is 2. The van der Waals surface area contributed by atoms with Crippen molar-refractivity contribution in [1.29, 1.82) is 0 Å². The number of aromatic nitrogens is 2. The Hall–Kier alpha value is -1.20. The normalized spacial score (nSPS) is 25.8. The third-order valence-electron chi connectivity index (χ3n) is 3.08. The second kappa shape index (κ2) is 4.76. The molecule has 0 aliphatic carbocycles. The first-order valence-electron chi connectivity index (χ1n) is 5.55. The van der Waals surface area contributed by atoms with Crippen LogP contribution in [0.4, 0.5) is 5.95 Å². The van der Waals surface area contributed by atoms with Gasteiger partial charge in [-0.3, -0.25) is 0 Å². The number of aliphatic hydroxyl groups excluding tert-OH is 2. The van der Waals surface area contributed by atoms with Gasteiger partial charge in [-0.1, -0.05) is 6.92 Å². The number of nitrogens with zero attached hydrogens (tertiary/aromatic N) is 3. The van der Waals surface area contributed by atoms with Crippen LogP contribution in [0.15, 0.2) is 12.4 Å². The first-order valence-corrected chi connectivity index (χ1v) is 5.55. The van der Waals surface area contributed by atoms with Crippen LogP contribution >= 0.6 is 0 Å². The molecule has 1 aliphatic heterocycles. The molecule has 5 nitrogen and oxygen atoms in total. The molecule has 16 heavy (non-hydrogen) atoms. The van der Waals surface area contributed by atoms with E-state index >= 15 is 0 Å². The molecule has 0 amide bonds. The number of rotatable bonds is 2. The van der Waals surface area contributed by atoms with Crippen molar-refractivity contribution < 1.29 is 10.2 Å². The van der Waals surface area contributed by atoms with E-state index in [-0.39, 0.29) is 12.7 Å². The van der Waals surface area contributed by atoms with Crippen LogP contribution in [0.1, 0.15) is 18.9 Å². The van der Waals surface area contributed by atoms with Gasteiger partial charge in [0.15, 0.2) is 0 Å². The highest BCUT2D eigenvalue weighted by Crippen LogP contribution is 2.20. The molecule has 1 fully saturated rings. The van der Waals surface area contributed by atoms with Gasteiger partial charge >= 0.3 is 0 Å². The molecule has 0 bridgehead atoms. The van der Waals surface area contributed by atoms with Gasteiger partial charge in [0.2, 0.25) is 5.95 Å². The number of β-amino-alcohol motifs (C(OH)–C–C–N with tert-alkyl or cyclic N) is 1. The van der Waals surface area contributed by atoms with Crippen LogP contribution in [0, 0.1) is 5.92 Å². The van der Waals surface area contributed by atoms with Crippen molar-refractivity contribution in [2.24, 2.45) is 5.92 Å². The fourth-order valence-corrected chi connectivity index (χ4v) is 1.82. The van der Waals surface area contributed by atoms with Crippen molar-refractivity contribution in [3.05, 3.63) is 18.0 Å². The average molecular weight is 223 g/mol. The molecule has 2 unspecified atom stereocenters. The number of anilines is 1. The molecule has 1 aromatic rings. The van der Waals surface area contributed by atoms with Gasteiger partial charge in [-0.25, -0.2) is 9.97 Å². The predicted molar refractivity (Wildman–Crippen MR) is 60.0 cm³/mol. The zero-order valence-corrected chi connectivity index (χ0v) is 9.37. The summed E-state index contributed by atoms with van der Waals surface area (Å²) in [4.78, 5) is 10.3. The lowest BCUT2D eigenvalue weighted by Gasteiger charge is -2.34. The van der Waals surface area contributed by atoms with E-state index in [0.29, 0.717) is 24.0 Å². The predicted octanol–water partition coefficient (Wildman–Crippen LogP) is 0.176. The molecule has 2 heterocycles. The summed E-state index contributed by atoms with van der Waals surface area (Å²) in [6, 6.07) is 0. The van der Waals surface area contributed by atoms with Crippen molar-refractivity contribution in [2.75, 3.05) is 18.0 Å². The quantitative estimate of drug-likeness (QED) is 0.748. The molecular formula is C11H17N3O2.